The lowest BCUT2D eigenvalue weighted by molar-refractivity contribution is 0.0935. The molecule has 5 nitrogen and oxygen atoms in total. The topological polar surface area (TPSA) is 74.8 Å². The van der Waals surface area contributed by atoms with Crippen molar-refractivity contribution in [3.05, 3.63) is 27.4 Å². The molecule has 2 rings (SSSR count). The summed E-state index contributed by atoms with van der Waals surface area (Å²) in [6, 6.07) is 0.205. The fraction of sp³-hybridized carbons (Fsp3) is 0.643. The van der Waals surface area contributed by atoms with E-state index in [2.05, 4.69) is 15.3 Å². The molecule has 0 aliphatic heterocycles. The highest BCUT2D eigenvalue weighted by molar-refractivity contribution is 5.95. The van der Waals surface area contributed by atoms with Crippen molar-refractivity contribution in [1.82, 2.24) is 15.3 Å². The summed E-state index contributed by atoms with van der Waals surface area (Å²) in [6.45, 7) is 5.62. The lowest BCUT2D eigenvalue weighted by atomic mass is 10.1. The minimum absolute atomic E-state index is 0.137. The van der Waals surface area contributed by atoms with Crippen molar-refractivity contribution in [2.75, 3.05) is 0 Å². The van der Waals surface area contributed by atoms with Gasteiger partial charge in [-0.05, 0) is 19.8 Å². The van der Waals surface area contributed by atoms with Gasteiger partial charge in [0.1, 0.15) is 11.4 Å². The molecule has 0 spiro atoms. The Kier molecular flexibility index (Phi) is 4.02. The maximum absolute atomic E-state index is 12.2. The van der Waals surface area contributed by atoms with Gasteiger partial charge in [0.25, 0.3) is 11.5 Å². The van der Waals surface area contributed by atoms with Crippen molar-refractivity contribution in [2.24, 2.45) is 0 Å². The van der Waals surface area contributed by atoms with Crippen LogP contribution < -0.4 is 10.9 Å². The second-order valence-electron chi connectivity index (χ2n) is 5.52. The van der Waals surface area contributed by atoms with Crippen molar-refractivity contribution >= 4 is 5.91 Å². The van der Waals surface area contributed by atoms with Gasteiger partial charge in [0.2, 0.25) is 0 Å². The first-order valence-corrected chi connectivity index (χ1v) is 6.90. The molecule has 19 heavy (non-hydrogen) atoms. The van der Waals surface area contributed by atoms with Crippen molar-refractivity contribution in [3.63, 3.8) is 0 Å². The Hall–Kier alpha value is -1.65. The highest BCUT2D eigenvalue weighted by Crippen LogP contribution is 2.18. The third-order valence-electron chi connectivity index (χ3n) is 3.58. The number of hydrogen-bond acceptors (Lipinski definition) is 3. The molecule has 2 N–H and O–H groups in total. The predicted octanol–water partition coefficient (Wildman–Crippen LogP) is 1.87. The van der Waals surface area contributed by atoms with Crippen LogP contribution in [0.3, 0.4) is 0 Å². The molecule has 1 aromatic heterocycles. The summed E-state index contributed by atoms with van der Waals surface area (Å²) in [5.41, 5.74) is 0.311. The summed E-state index contributed by atoms with van der Waals surface area (Å²) in [5.74, 6) is 0.465. The number of rotatable bonds is 3. The maximum Gasteiger partial charge on any atom is 0.264 e. The number of aromatic amines is 1. The number of hydrogen-bond donors (Lipinski definition) is 2. The maximum atomic E-state index is 12.2. The van der Waals surface area contributed by atoms with Gasteiger partial charge in [-0.3, -0.25) is 9.59 Å². The van der Waals surface area contributed by atoms with Crippen molar-refractivity contribution in [2.45, 2.75) is 58.4 Å². The van der Waals surface area contributed by atoms with Crippen LogP contribution in [0.5, 0.6) is 0 Å². The first-order chi connectivity index (χ1) is 8.99. The van der Waals surface area contributed by atoms with Gasteiger partial charge in [-0.25, -0.2) is 4.98 Å². The molecule has 1 heterocycles. The Labute approximate surface area is 112 Å². The lowest BCUT2D eigenvalue weighted by Gasteiger charge is -2.13. The largest absolute Gasteiger partial charge is 0.349 e. The fourth-order valence-corrected chi connectivity index (χ4v) is 2.48. The summed E-state index contributed by atoms with van der Waals surface area (Å²) in [7, 11) is 0. The van der Waals surface area contributed by atoms with E-state index in [0.29, 0.717) is 11.5 Å². The standard InChI is InChI=1S/C14H21N3O2/c1-8(2)12-15-9(3)11(14(19)17-12)13(18)16-10-6-4-5-7-10/h8,10H,4-7H2,1-3H3,(H,16,18)(H,15,17,19). The number of H-pyrrole nitrogens is 1. The molecule has 1 aliphatic rings. The molecule has 104 valence electrons. The average Bonchev–Trinajstić information content (AvgIpc) is 2.80. The molecular formula is C14H21N3O2. The van der Waals surface area contributed by atoms with Crippen LogP contribution in [-0.4, -0.2) is 21.9 Å². The fourth-order valence-electron chi connectivity index (χ4n) is 2.48. The summed E-state index contributed by atoms with van der Waals surface area (Å²) >= 11 is 0. The third kappa shape index (κ3) is 3.03. The molecule has 0 bridgehead atoms. The van der Waals surface area contributed by atoms with E-state index in [1.54, 1.807) is 6.92 Å². The van der Waals surface area contributed by atoms with Gasteiger partial charge in [0.05, 0.1) is 5.69 Å². The zero-order chi connectivity index (χ0) is 14.0. The zero-order valence-corrected chi connectivity index (χ0v) is 11.7. The predicted molar refractivity (Wildman–Crippen MR) is 73.4 cm³/mol. The van der Waals surface area contributed by atoms with Gasteiger partial charge >= 0.3 is 0 Å². The van der Waals surface area contributed by atoms with Gasteiger partial charge in [0.15, 0.2) is 0 Å². The van der Waals surface area contributed by atoms with E-state index >= 15 is 0 Å². The van der Waals surface area contributed by atoms with Crippen LogP contribution in [0.4, 0.5) is 0 Å². The van der Waals surface area contributed by atoms with Gasteiger partial charge in [-0.2, -0.15) is 0 Å². The highest BCUT2D eigenvalue weighted by Gasteiger charge is 2.22. The van der Waals surface area contributed by atoms with E-state index in [1.165, 1.54) is 0 Å². The van der Waals surface area contributed by atoms with Gasteiger partial charge in [-0.15, -0.1) is 0 Å². The minimum Gasteiger partial charge on any atom is -0.349 e. The van der Waals surface area contributed by atoms with E-state index in [1.807, 2.05) is 13.8 Å². The minimum atomic E-state index is -0.341. The van der Waals surface area contributed by atoms with Crippen LogP contribution in [-0.2, 0) is 0 Å². The van der Waals surface area contributed by atoms with E-state index in [0.717, 1.165) is 25.7 Å². The Morgan fingerprint density at radius 2 is 2.00 bits per heavy atom. The quantitative estimate of drug-likeness (QED) is 0.874. The Morgan fingerprint density at radius 3 is 2.53 bits per heavy atom. The number of nitrogens with zero attached hydrogens (tertiary/aromatic N) is 1. The van der Waals surface area contributed by atoms with Crippen molar-refractivity contribution in [3.8, 4) is 0 Å². The molecule has 1 aromatic rings. The molecule has 0 aromatic carbocycles. The smallest absolute Gasteiger partial charge is 0.264 e. The van der Waals surface area contributed by atoms with E-state index in [-0.39, 0.29) is 29.0 Å². The van der Waals surface area contributed by atoms with Crippen molar-refractivity contribution < 1.29 is 4.79 Å². The highest BCUT2D eigenvalue weighted by atomic mass is 16.2. The van der Waals surface area contributed by atoms with Crippen LogP contribution in [0.2, 0.25) is 0 Å². The van der Waals surface area contributed by atoms with Crippen LogP contribution in [0.25, 0.3) is 0 Å². The lowest BCUT2D eigenvalue weighted by Crippen LogP contribution is -2.37. The second kappa shape index (κ2) is 5.55. The molecule has 1 fully saturated rings. The Morgan fingerprint density at radius 1 is 1.37 bits per heavy atom. The number of carbonyl (C=O) groups excluding carboxylic acids is 1. The molecule has 0 saturated heterocycles. The molecule has 1 saturated carbocycles. The summed E-state index contributed by atoms with van der Waals surface area (Å²) < 4.78 is 0. The first kappa shape index (κ1) is 13.8. The summed E-state index contributed by atoms with van der Waals surface area (Å²) in [4.78, 5) is 31.2. The average molecular weight is 263 g/mol. The van der Waals surface area contributed by atoms with Gasteiger partial charge < -0.3 is 10.3 Å². The molecule has 1 amide bonds. The molecule has 0 radical (unpaired) electrons. The monoisotopic (exact) mass is 263 g/mol. The van der Waals surface area contributed by atoms with E-state index in [4.69, 9.17) is 0 Å². The summed E-state index contributed by atoms with van der Waals surface area (Å²) in [6.07, 6.45) is 4.29. The third-order valence-corrected chi connectivity index (χ3v) is 3.58. The SMILES string of the molecule is Cc1nc(C(C)C)[nH]c(=O)c1C(=O)NC1CCCC1. The molecule has 0 unspecified atom stereocenters. The van der Waals surface area contributed by atoms with E-state index in [9.17, 15) is 9.59 Å². The molecule has 1 aliphatic carbocycles. The van der Waals surface area contributed by atoms with Crippen LogP contribution >= 0.6 is 0 Å². The number of carbonyl (C=O) groups is 1. The van der Waals surface area contributed by atoms with Crippen LogP contribution in [0, 0.1) is 6.92 Å². The number of amides is 1. The summed E-state index contributed by atoms with van der Waals surface area (Å²) in [5, 5.41) is 2.93. The number of aromatic nitrogens is 2. The van der Waals surface area contributed by atoms with Gasteiger partial charge in [0, 0.05) is 12.0 Å². The number of aryl methyl sites for hydroxylation is 1. The van der Waals surface area contributed by atoms with Crippen LogP contribution in [0.1, 0.15) is 67.3 Å². The van der Waals surface area contributed by atoms with E-state index < -0.39 is 0 Å². The molecule has 5 heteroatoms. The zero-order valence-electron chi connectivity index (χ0n) is 11.7. The van der Waals surface area contributed by atoms with Gasteiger partial charge in [-0.1, -0.05) is 26.7 Å². The first-order valence-electron chi connectivity index (χ1n) is 6.90. The normalized spacial score (nSPS) is 16.0. The van der Waals surface area contributed by atoms with Crippen LogP contribution in [0.15, 0.2) is 4.79 Å². The second-order valence-corrected chi connectivity index (χ2v) is 5.52. The Bertz CT molecular complexity index is 528. The molecule has 0 atom stereocenters. The number of nitrogens with one attached hydrogen (secondary N) is 2. The molecular weight excluding hydrogens is 242 g/mol. The van der Waals surface area contributed by atoms with Crippen molar-refractivity contribution in [1.29, 1.82) is 0 Å². The Balaban J connectivity index is 2.24.